The molecule has 12 heteroatoms. The summed E-state index contributed by atoms with van der Waals surface area (Å²) < 4.78 is 54.0. The number of benzene rings is 2. The molecule has 0 spiro atoms. The summed E-state index contributed by atoms with van der Waals surface area (Å²) in [6.45, 7) is 0.134. The highest BCUT2D eigenvalue weighted by Gasteiger charge is 2.47. The fraction of sp³-hybridized carbons (Fsp3) is 0.348. The molecule has 2 N–H and O–H groups in total. The van der Waals surface area contributed by atoms with Crippen LogP contribution in [0.1, 0.15) is 18.4 Å². The Bertz CT molecular complexity index is 1090. The minimum Gasteiger partial charge on any atom is -0.406 e. The third kappa shape index (κ3) is 5.88. The van der Waals surface area contributed by atoms with Crippen LogP contribution in [-0.4, -0.2) is 59.2 Å². The lowest BCUT2D eigenvalue weighted by atomic mass is 9.93. The summed E-state index contributed by atoms with van der Waals surface area (Å²) in [5, 5.41) is 5.65. The van der Waals surface area contributed by atoms with Gasteiger partial charge in [0, 0.05) is 5.69 Å². The van der Waals surface area contributed by atoms with E-state index in [2.05, 4.69) is 15.4 Å². The van der Waals surface area contributed by atoms with Crippen molar-refractivity contribution in [1.29, 1.82) is 0 Å². The number of halogens is 4. The predicted octanol–water partition coefficient (Wildman–Crippen LogP) is 3.25. The molecule has 0 aliphatic carbocycles. The van der Waals surface area contributed by atoms with Crippen LogP contribution in [0, 0.1) is 5.82 Å². The average molecular weight is 494 g/mol. The van der Waals surface area contributed by atoms with E-state index in [9.17, 15) is 31.9 Å². The second-order valence-corrected chi connectivity index (χ2v) is 8.22. The number of carbonyl (C=O) groups is 3. The van der Waals surface area contributed by atoms with Crippen molar-refractivity contribution in [3.05, 3.63) is 59.9 Å². The van der Waals surface area contributed by atoms with E-state index in [4.69, 9.17) is 0 Å². The van der Waals surface area contributed by atoms with E-state index in [0.29, 0.717) is 24.9 Å². The van der Waals surface area contributed by atoms with Crippen LogP contribution < -0.4 is 15.4 Å². The van der Waals surface area contributed by atoms with Gasteiger partial charge in [-0.2, -0.15) is 0 Å². The molecule has 2 unspecified atom stereocenters. The van der Waals surface area contributed by atoms with Gasteiger partial charge in [-0.3, -0.25) is 14.5 Å². The Morgan fingerprint density at radius 3 is 2.43 bits per heavy atom. The van der Waals surface area contributed by atoms with E-state index in [-0.39, 0.29) is 18.8 Å². The number of urea groups is 1. The van der Waals surface area contributed by atoms with Gasteiger partial charge in [0.2, 0.25) is 11.8 Å². The number of rotatable bonds is 6. The molecule has 2 aromatic rings. The first-order valence-corrected chi connectivity index (χ1v) is 10.9. The third-order valence-corrected chi connectivity index (χ3v) is 5.77. The van der Waals surface area contributed by atoms with Crippen LogP contribution in [-0.2, 0) is 16.1 Å². The molecule has 0 bridgehead atoms. The van der Waals surface area contributed by atoms with Gasteiger partial charge in [-0.05, 0) is 61.3 Å². The van der Waals surface area contributed by atoms with Gasteiger partial charge >= 0.3 is 12.4 Å². The molecule has 2 aliphatic rings. The SMILES string of the molecule is O=C(CN1C(=O)N(Cc2ccc(F)cc2)C(=O)C2NCCCC21)Nc1ccc(OC(F)(F)F)cc1. The van der Waals surface area contributed by atoms with E-state index in [1.165, 1.54) is 41.3 Å². The maximum atomic E-state index is 13.3. The number of imide groups is 1. The summed E-state index contributed by atoms with van der Waals surface area (Å²) in [5.74, 6) is -1.88. The molecule has 2 aliphatic heterocycles. The Balaban J connectivity index is 1.47. The minimum absolute atomic E-state index is 0.0817. The molecule has 8 nitrogen and oxygen atoms in total. The second kappa shape index (κ2) is 9.90. The van der Waals surface area contributed by atoms with E-state index in [1.807, 2.05) is 0 Å². The van der Waals surface area contributed by atoms with Crippen molar-refractivity contribution in [3.8, 4) is 5.75 Å². The highest BCUT2D eigenvalue weighted by atomic mass is 19.4. The normalized spacial score (nSPS) is 20.5. The van der Waals surface area contributed by atoms with Gasteiger partial charge in [-0.1, -0.05) is 12.1 Å². The summed E-state index contributed by atoms with van der Waals surface area (Å²) >= 11 is 0. The number of hydrogen-bond donors (Lipinski definition) is 2. The lowest BCUT2D eigenvalue weighted by Crippen LogP contribution is -2.70. The van der Waals surface area contributed by atoms with Crippen molar-refractivity contribution in [2.24, 2.45) is 0 Å². The van der Waals surface area contributed by atoms with Gasteiger partial charge in [-0.25, -0.2) is 9.18 Å². The predicted molar refractivity (Wildman–Crippen MR) is 116 cm³/mol. The fourth-order valence-electron chi connectivity index (χ4n) is 4.22. The zero-order valence-electron chi connectivity index (χ0n) is 18.3. The molecule has 0 saturated carbocycles. The summed E-state index contributed by atoms with van der Waals surface area (Å²) in [7, 11) is 0. The maximum absolute atomic E-state index is 13.3. The van der Waals surface area contributed by atoms with Crippen molar-refractivity contribution in [1.82, 2.24) is 15.1 Å². The van der Waals surface area contributed by atoms with Crippen molar-refractivity contribution in [2.45, 2.75) is 37.8 Å². The lowest BCUT2D eigenvalue weighted by Gasteiger charge is -2.46. The van der Waals surface area contributed by atoms with Crippen molar-refractivity contribution >= 4 is 23.5 Å². The van der Waals surface area contributed by atoms with Gasteiger partial charge in [0.05, 0.1) is 12.6 Å². The first-order valence-electron chi connectivity index (χ1n) is 10.9. The maximum Gasteiger partial charge on any atom is 0.573 e. The van der Waals surface area contributed by atoms with Crippen LogP contribution in [0.3, 0.4) is 0 Å². The molecule has 2 fully saturated rings. The summed E-state index contributed by atoms with van der Waals surface area (Å²) in [4.78, 5) is 41.4. The molecule has 4 rings (SSSR count). The van der Waals surface area contributed by atoms with Crippen LogP contribution in [0.2, 0.25) is 0 Å². The van der Waals surface area contributed by atoms with E-state index < -0.39 is 47.9 Å². The molecule has 4 amide bonds. The summed E-state index contributed by atoms with van der Waals surface area (Å²) in [5.41, 5.74) is 0.763. The highest BCUT2D eigenvalue weighted by Crippen LogP contribution is 2.27. The molecule has 2 heterocycles. The molecule has 2 atom stereocenters. The van der Waals surface area contributed by atoms with Crippen LogP contribution in [0.15, 0.2) is 48.5 Å². The number of amides is 4. The minimum atomic E-state index is -4.83. The van der Waals surface area contributed by atoms with E-state index in [1.54, 1.807) is 0 Å². The fourth-order valence-corrected chi connectivity index (χ4v) is 4.22. The van der Waals surface area contributed by atoms with Crippen LogP contribution in [0.25, 0.3) is 0 Å². The highest BCUT2D eigenvalue weighted by molar-refractivity contribution is 6.02. The Morgan fingerprint density at radius 2 is 1.77 bits per heavy atom. The number of piperidine rings is 1. The molecule has 186 valence electrons. The number of anilines is 1. The molecule has 0 aromatic heterocycles. The van der Waals surface area contributed by atoms with Gasteiger partial charge in [-0.15, -0.1) is 13.2 Å². The van der Waals surface area contributed by atoms with E-state index >= 15 is 0 Å². The topological polar surface area (TPSA) is 91.0 Å². The van der Waals surface area contributed by atoms with Crippen molar-refractivity contribution < 1.29 is 36.7 Å². The lowest BCUT2D eigenvalue weighted by molar-refractivity contribution is -0.274. The number of carbonyl (C=O) groups excluding carboxylic acids is 3. The third-order valence-electron chi connectivity index (χ3n) is 5.77. The smallest absolute Gasteiger partial charge is 0.406 e. The molecule has 2 aromatic carbocycles. The Hall–Kier alpha value is -3.67. The Kier molecular flexibility index (Phi) is 6.92. The number of nitrogens with zero attached hydrogens (tertiary/aromatic N) is 2. The van der Waals surface area contributed by atoms with Gasteiger partial charge < -0.3 is 20.3 Å². The Morgan fingerprint density at radius 1 is 1.09 bits per heavy atom. The van der Waals surface area contributed by atoms with Gasteiger partial charge in [0.25, 0.3) is 0 Å². The number of nitrogens with one attached hydrogen (secondary N) is 2. The second-order valence-electron chi connectivity index (χ2n) is 8.22. The molecule has 0 radical (unpaired) electrons. The van der Waals surface area contributed by atoms with Crippen molar-refractivity contribution in [3.63, 3.8) is 0 Å². The molecule has 2 saturated heterocycles. The molecular weight excluding hydrogens is 472 g/mol. The zero-order valence-corrected chi connectivity index (χ0v) is 18.3. The Labute approximate surface area is 197 Å². The van der Waals surface area contributed by atoms with E-state index in [0.717, 1.165) is 17.0 Å². The standard InChI is InChI=1S/C23H22F4N4O4/c24-15-5-3-14(4-6-15)12-31-21(33)20-18(2-1-11-28-20)30(22(31)34)13-19(32)29-16-7-9-17(10-8-16)35-23(25,26)27/h3-10,18,20,28H,1-2,11-13H2,(H,29,32). The van der Waals surface area contributed by atoms with Crippen LogP contribution in [0.4, 0.5) is 28.0 Å². The number of ether oxygens (including phenoxy) is 1. The average Bonchev–Trinajstić information content (AvgIpc) is 2.81. The van der Waals surface area contributed by atoms with Gasteiger partial charge in [0.1, 0.15) is 24.2 Å². The molecular formula is C23H22F4N4O4. The van der Waals surface area contributed by atoms with Crippen LogP contribution >= 0.6 is 0 Å². The zero-order chi connectivity index (χ0) is 25.2. The largest absolute Gasteiger partial charge is 0.573 e. The number of hydrogen-bond acceptors (Lipinski definition) is 5. The first kappa shape index (κ1) is 24.5. The quantitative estimate of drug-likeness (QED) is 0.602. The summed E-state index contributed by atoms with van der Waals surface area (Å²) in [6, 6.07) is 8.14. The summed E-state index contributed by atoms with van der Waals surface area (Å²) in [6.07, 6.45) is -3.60. The number of alkyl halides is 3. The van der Waals surface area contributed by atoms with Crippen LogP contribution in [0.5, 0.6) is 5.75 Å². The van der Waals surface area contributed by atoms with Crippen molar-refractivity contribution in [2.75, 3.05) is 18.4 Å². The number of fused-ring (bicyclic) bond motifs is 1. The van der Waals surface area contributed by atoms with Gasteiger partial charge in [0.15, 0.2) is 0 Å². The molecule has 35 heavy (non-hydrogen) atoms. The first-order chi connectivity index (χ1) is 16.6. The monoisotopic (exact) mass is 494 g/mol.